The van der Waals surface area contributed by atoms with Crippen molar-refractivity contribution in [2.75, 3.05) is 19.6 Å². The van der Waals surface area contributed by atoms with Crippen LogP contribution in [0, 0.1) is 5.92 Å². The lowest BCUT2D eigenvalue weighted by Gasteiger charge is -2.38. The Labute approximate surface area is 210 Å². The molecule has 0 spiro atoms. The number of carbonyl (C=O) groups excluding carboxylic acids is 1. The molecule has 1 aromatic carbocycles. The Balaban J connectivity index is 1.39. The lowest BCUT2D eigenvalue weighted by Crippen LogP contribution is -2.48. The molecule has 6 aliphatic rings. The number of aliphatic carboxylic acids is 1. The van der Waals surface area contributed by atoms with Gasteiger partial charge in [-0.25, -0.2) is 14.5 Å². The van der Waals surface area contributed by atoms with Crippen LogP contribution in [0.3, 0.4) is 0 Å². The molecule has 1 atom stereocenters. The molecule has 1 saturated heterocycles. The Kier molecular flexibility index (Phi) is 6.07. The molecule has 0 radical (unpaired) electrons. The molecule has 9 heteroatoms. The molecule has 2 amide bonds. The van der Waals surface area contributed by atoms with Crippen LogP contribution in [-0.2, 0) is 24.3 Å². The fraction of sp³-hybridized carbons (Fsp3) is 0.519. The van der Waals surface area contributed by atoms with Crippen molar-refractivity contribution in [3.63, 3.8) is 0 Å². The summed E-state index contributed by atoms with van der Waals surface area (Å²) in [5.41, 5.74) is 5.52. The van der Waals surface area contributed by atoms with E-state index in [2.05, 4.69) is 27.4 Å². The van der Waals surface area contributed by atoms with Crippen LogP contribution < -0.4 is 0 Å². The molecule has 6 aliphatic heterocycles. The summed E-state index contributed by atoms with van der Waals surface area (Å²) in [5, 5.41) is 18.4. The number of pyridine rings is 1. The van der Waals surface area contributed by atoms with Crippen LogP contribution in [0.4, 0.5) is 4.79 Å². The summed E-state index contributed by atoms with van der Waals surface area (Å²) in [6, 6.07) is 8.28. The lowest BCUT2D eigenvalue weighted by atomic mass is 9.86. The molecule has 1 unspecified atom stereocenters. The van der Waals surface area contributed by atoms with E-state index >= 15 is 0 Å². The zero-order chi connectivity index (χ0) is 24.6. The quantitative estimate of drug-likeness (QED) is 0.588. The number of carbonyl (C=O) groups is 2. The van der Waals surface area contributed by atoms with Gasteiger partial charge in [-0.2, -0.15) is 0 Å². The highest BCUT2D eigenvalue weighted by atomic mass is 16.4. The van der Waals surface area contributed by atoms with Crippen molar-refractivity contribution in [3.05, 3.63) is 52.7 Å². The number of hydrogen-bond donors (Lipinski definition) is 1. The highest BCUT2D eigenvalue weighted by molar-refractivity contribution is 5.75. The van der Waals surface area contributed by atoms with Crippen molar-refractivity contribution in [2.24, 2.45) is 5.92 Å². The summed E-state index contributed by atoms with van der Waals surface area (Å²) in [5.74, 6) is -0.551. The maximum Gasteiger partial charge on any atom is 0.320 e. The number of amides is 2. The van der Waals surface area contributed by atoms with Gasteiger partial charge in [0.25, 0.3) is 0 Å². The van der Waals surface area contributed by atoms with Crippen LogP contribution in [0.15, 0.2) is 30.5 Å². The van der Waals surface area contributed by atoms with Crippen LogP contribution in [-0.4, -0.2) is 66.5 Å². The number of urea groups is 1. The number of hydrogen-bond acceptors (Lipinski definition) is 5. The first-order chi connectivity index (χ1) is 17.5. The van der Waals surface area contributed by atoms with Gasteiger partial charge < -0.3 is 14.9 Å². The SMILES string of the molecule is O=C(O)CC1c2ccc3c(c2)CN(CC3)C(=O)N2CCC(CCCCn3nnc4cc1cnc43)CC2. The Morgan fingerprint density at radius 1 is 0.972 bits per heavy atom. The van der Waals surface area contributed by atoms with E-state index in [1.807, 2.05) is 26.6 Å². The molecule has 9 nitrogen and oxygen atoms in total. The molecule has 0 saturated carbocycles. The fourth-order valence-corrected chi connectivity index (χ4v) is 6.09. The van der Waals surface area contributed by atoms with Gasteiger partial charge in [-0.15, -0.1) is 5.10 Å². The van der Waals surface area contributed by atoms with E-state index in [1.54, 1.807) is 6.20 Å². The molecule has 9 rings (SSSR count). The van der Waals surface area contributed by atoms with Gasteiger partial charge in [-0.05, 0) is 59.9 Å². The van der Waals surface area contributed by atoms with Gasteiger partial charge in [0, 0.05) is 44.8 Å². The van der Waals surface area contributed by atoms with Crippen molar-refractivity contribution in [3.8, 4) is 0 Å². The Morgan fingerprint density at radius 3 is 2.67 bits per heavy atom. The summed E-state index contributed by atoms with van der Waals surface area (Å²) in [6.07, 6.45) is 7.96. The third-order valence-electron chi connectivity index (χ3n) is 8.19. The summed E-state index contributed by atoms with van der Waals surface area (Å²) in [4.78, 5) is 33.8. The minimum atomic E-state index is -0.865. The first-order valence-corrected chi connectivity index (χ1v) is 13.1. The number of piperidine rings is 1. The molecule has 188 valence electrons. The van der Waals surface area contributed by atoms with Gasteiger partial charge in [-0.3, -0.25) is 4.79 Å². The molecule has 1 N–H and O–H groups in total. The topological polar surface area (TPSA) is 104 Å². The van der Waals surface area contributed by atoms with Crippen molar-refractivity contribution >= 4 is 23.2 Å². The van der Waals surface area contributed by atoms with E-state index in [4.69, 9.17) is 0 Å². The number of aromatic nitrogens is 4. The van der Waals surface area contributed by atoms with E-state index < -0.39 is 5.97 Å². The highest BCUT2D eigenvalue weighted by Gasteiger charge is 2.29. The lowest BCUT2D eigenvalue weighted by molar-refractivity contribution is -0.137. The third-order valence-corrected chi connectivity index (χ3v) is 8.19. The van der Waals surface area contributed by atoms with Gasteiger partial charge in [0.2, 0.25) is 0 Å². The number of carboxylic acids is 1. The molecule has 2 aromatic heterocycles. The van der Waals surface area contributed by atoms with E-state index in [0.29, 0.717) is 18.0 Å². The molecular weight excluding hydrogens is 456 g/mol. The van der Waals surface area contributed by atoms with Gasteiger partial charge in [0.15, 0.2) is 5.65 Å². The van der Waals surface area contributed by atoms with E-state index in [9.17, 15) is 14.7 Å². The number of nitrogens with zero attached hydrogens (tertiary/aromatic N) is 6. The standard InChI is InChI=1S/C27H32N6O3/c34-25(35)15-23-20-5-4-19-8-12-32(17-22(19)13-20)27(36)31-10-6-18(7-11-31)3-1-2-9-33-26-24(29-30-33)14-21(23)16-28-26/h4-5,13-14,16,18,23H,1-3,6-12,15,17H2,(H,34,35). The maximum atomic E-state index is 13.3. The Bertz CT molecular complexity index is 1300. The molecule has 36 heavy (non-hydrogen) atoms. The number of rotatable bonds is 2. The molecule has 0 aliphatic carbocycles. The van der Waals surface area contributed by atoms with Crippen molar-refractivity contribution in [2.45, 2.75) is 64.0 Å². The van der Waals surface area contributed by atoms with Crippen LogP contribution in [0.1, 0.15) is 66.7 Å². The van der Waals surface area contributed by atoms with Gasteiger partial charge >= 0.3 is 12.0 Å². The largest absolute Gasteiger partial charge is 0.481 e. The number of benzene rings is 1. The summed E-state index contributed by atoms with van der Waals surface area (Å²) < 4.78 is 1.86. The summed E-state index contributed by atoms with van der Waals surface area (Å²) >= 11 is 0. The van der Waals surface area contributed by atoms with Crippen molar-refractivity contribution in [1.29, 1.82) is 0 Å². The second-order valence-corrected chi connectivity index (χ2v) is 10.5. The molecule has 3 aromatic rings. The Hall–Kier alpha value is -3.49. The maximum absolute atomic E-state index is 13.3. The second-order valence-electron chi connectivity index (χ2n) is 10.5. The normalized spacial score (nSPS) is 22.6. The predicted octanol–water partition coefficient (Wildman–Crippen LogP) is 3.81. The summed E-state index contributed by atoms with van der Waals surface area (Å²) in [7, 11) is 0. The van der Waals surface area contributed by atoms with E-state index in [0.717, 1.165) is 80.6 Å². The number of carboxylic acid groups (broad SMARTS) is 1. The minimum Gasteiger partial charge on any atom is -0.481 e. The Morgan fingerprint density at radius 2 is 1.83 bits per heavy atom. The average Bonchev–Trinajstić information content (AvgIpc) is 3.30. The van der Waals surface area contributed by atoms with Crippen LogP contribution in [0.5, 0.6) is 0 Å². The van der Waals surface area contributed by atoms with Gasteiger partial charge in [0.05, 0.1) is 6.42 Å². The predicted molar refractivity (Wildman–Crippen MR) is 134 cm³/mol. The van der Waals surface area contributed by atoms with Crippen LogP contribution >= 0.6 is 0 Å². The fourth-order valence-electron chi connectivity index (χ4n) is 6.09. The minimum absolute atomic E-state index is 0.0439. The van der Waals surface area contributed by atoms with Crippen molar-refractivity contribution < 1.29 is 14.7 Å². The zero-order valence-electron chi connectivity index (χ0n) is 20.5. The highest BCUT2D eigenvalue weighted by Crippen LogP contribution is 2.33. The van der Waals surface area contributed by atoms with E-state index in [1.165, 1.54) is 12.0 Å². The van der Waals surface area contributed by atoms with Crippen molar-refractivity contribution in [1.82, 2.24) is 29.8 Å². The van der Waals surface area contributed by atoms with Crippen LogP contribution in [0.2, 0.25) is 0 Å². The monoisotopic (exact) mass is 488 g/mol. The molecular formula is C27H32N6O3. The zero-order valence-corrected chi connectivity index (χ0v) is 20.5. The smallest absolute Gasteiger partial charge is 0.320 e. The third kappa shape index (κ3) is 4.42. The molecule has 8 heterocycles. The first kappa shape index (κ1) is 22.9. The van der Waals surface area contributed by atoms with E-state index in [-0.39, 0.29) is 18.4 Å². The molecule has 1 fully saturated rings. The average molecular weight is 489 g/mol. The number of aryl methyl sites for hydroxylation is 1. The van der Waals surface area contributed by atoms with Gasteiger partial charge in [-0.1, -0.05) is 36.3 Å². The van der Waals surface area contributed by atoms with Crippen LogP contribution in [0.25, 0.3) is 11.2 Å². The second kappa shape index (κ2) is 9.52. The first-order valence-electron chi connectivity index (χ1n) is 13.1. The summed E-state index contributed by atoms with van der Waals surface area (Å²) in [6.45, 7) is 3.70. The molecule has 9 bridgehead atoms. The van der Waals surface area contributed by atoms with Gasteiger partial charge in [0.1, 0.15) is 5.52 Å².